The number of aryl methyl sites for hydroxylation is 1. The van der Waals surface area contributed by atoms with Crippen molar-refractivity contribution < 1.29 is 33.4 Å². The van der Waals surface area contributed by atoms with Gasteiger partial charge in [0.15, 0.2) is 17.3 Å². The number of carbonyl (C=O) groups excluding carboxylic acids is 2. The Hall–Kier alpha value is -4.27. The number of hydrogen-bond donors (Lipinski definition) is 1. The predicted molar refractivity (Wildman–Crippen MR) is 142 cm³/mol. The highest BCUT2D eigenvalue weighted by atomic mass is 16.5. The average Bonchev–Trinajstić information content (AvgIpc) is 3.47. The number of ether oxygens (including phenoxy) is 3. The van der Waals surface area contributed by atoms with Crippen molar-refractivity contribution >= 4 is 23.3 Å². The Bertz CT molecular complexity index is 1330. The van der Waals surface area contributed by atoms with Gasteiger partial charge in [0.05, 0.1) is 31.9 Å². The minimum Gasteiger partial charge on any atom is -0.507 e. The normalized spacial score (nSPS) is 16.6. The molecule has 0 aliphatic carbocycles. The Morgan fingerprint density at radius 2 is 1.76 bits per heavy atom. The first-order valence-corrected chi connectivity index (χ1v) is 12.7. The Morgan fingerprint density at radius 1 is 1.00 bits per heavy atom. The van der Waals surface area contributed by atoms with Crippen LogP contribution in [0.4, 0.5) is 5.82 Å². The standard InChI is InChI=1S/C29H32N2O7/c1-5-7-15-37-22-13-10-20(17-23(22)35-4)26-25(27(32)19-8-11-21(12-9-19)36-14-6-2)28(33)29(34)31(26)24-16-18(3)38-30-24/h8-13,16-17,26,32H,5-7,14-15H2,1-4H3/b27-25+. The number of nitrogens with zero attached hydrogens (tertiary/aromatic N) is 2. The average molecular weight is 521 g/mol. The van der Waals surface area contributed by atoms with Crippen LogP contribution in [-0.2, 0) is 9.59 Å². The van der Waals surface area contributed by atoms with Crippen LogP contribution in [0.3, 0.4) is 0 Å². The van der Waals surface area contributed by atoms with Crippen LogP contribution < -0.4 is 19.1 Å². The molecular formula is C29H32N2O7. The molecule has 9 heteroatoms. The molecule has 200 valence electrons. The van der Waals surface area contributed by atoms with Crippen molar-refractivity contribution in [3.05, 3.63) is 71.0 Å². The van der Waals surface area contributed by atoms with E-state index in [-0.39, 0.29) is 17.2 Å². The van der Waals surface area contributed by atoms with Gasteiger partial charge in [-0.1, -0.05) is 31.5 Å². The van der Waals surface area contributed by atoms with Crippen molar-refractivity contribution in [2.75, 3.05) is 25.2 Å². The summed E-state index contributed by atoms with van der Waals surface area (Å²) in [5, 5.41) is 15.3. The topological polar surface area (TPSA) is 111 Å². The molecule has 1 saturated heterocycles. The number of benzene rings is 2. The van der Waals surface area contributed by atoms with E-state index in [1.54, 1.807) is 55.5 Å². The summed E-state index contributed by atoms with van der Waals surface area (Å²) in [6, 6.07) is 12.5. The molecule has 0 spiro atoms. The van der Waals surface area contributed by atoms with E-state index in [1.807, 2.05) is 6.92 Å². The molecule has 0 radical (unpaired) electrons. The second-order valence-corrected chi connectivity index (χ2v) is 8.95. The monoisotopic (exact) mass is 520 g/mol. The maximum atomic E-state index is 13.4. The van der Waals surface area contributed by atoms with Gasteiger partial charge in [-0.3, -0.25) is 14.5 Å². The van der Waals surface area contributed by atoms with Crippen molar-refractivity contribution in [2.45, 2.75) is 46.1 Å². The molecule has 1 N–H and O–H groups in total. The van der Waals surface area contributed by atoms with Crippen LogP contribution >= 0.6 is 0 Å². The summed E-state index contributed by atoms with van der Waals surface area (Å²) in [6.45, 7) is 6.86. The first kappa shape index (κ1) is 26.8. The van der Waals surface area contributed by atoms with E-state index in [1.165, 1.54) is 12.0 Å². The molecule has 0 saturated carbocycles. The number of amides is 1. The summed E-state index contributed by atoms with van der Waals surface area (Å²) in [5.41, 5.74) is 0.841. The number of aliphatic hydroxyl groups is 1. The third-order valence-corrected chi connectivity index (χ3v) is 6.17. The number of aliphatic hydroxyl groups excluding tert-OH is 1. The molecule has 1 aliphatic heterocycles. The number of aromatic nitrogens is 1. The minimum atomic E-state index is -0.978. The molecule has 9 nitrogen and oxygen atoms in total. The maximum absolute atomic E-state index is 13.4. The third kappa shape index (κ3) is 5.37. The fourth-order valence-electron chi connectivity index (χ4n) is 4.24. The van der Waals surface area contributed by atoms with Crippen LogP contribution in [0.5, 0.6) is 17.2 Å². The van der Waals surface area contributed by atoms with Crippen molar-refractivity contribution in [3.63, 3.8) is 0 Å². The molecule has 1 amide bonds. The lowest BCUT2D eigenvalue weighted by Crippen LogP contribution is -2.29. The van der Waals surface area contributed by atoms with E-state index < -0.39 is 17.7 Å². The molecule has 1 fully saturated rings. The van der Waals surface area contributed by atoms with E-state index in [4.69, 9.17) is 18.7 Å². The van der Waals surface area contributed by atoms with E-state index in [9.17, 15) is 14.7 Å². The van der Waals surface area contributed by atoms with Gasteiger partial charge < -0.3 is 23.8 Å². The van der Waals surface area contributed by atoms with Gasteiger partial charge in [-0.25, -0.2) is 0 Å². The van der Waals surface area contributed by atoms with E-state index in [0.29, 0.717) is 47.3 Å². The highest BCUT2D eigenvalue weighted by Crippen LogP contribution is 2.44. The summed E-state index contributed by atoms with van der Waals surface area (Å²) >= 11 is 0. The summed E-state index contributed by atoms with van der Waals surface area (Å²) < 4.78 is 22.2. The lowest BCUT2D eigenvalue weighted by atomic mass is 9.95. The molecule has 3 aromatic rings. The van der Waals surface area contributed by atoms with Gasteiger partial charge in [-0.2, -0.15) is 0 Å². The SMILES string of the molecule is CCCCOc1ccc(C2/C(=C(\O)c3ccc(OCCC)cc3)C(=O)C(=O)N2c2cc(C)on2)cc1OC. The van der Waals surface area contributed by atoms with Crippen molar-refractivity contribution in [2.24, 2.45) is 0 Å². The number of ketones is 1. The summed E-state index contributed by atoms with van der Waals surface area (Å²) in [5.74, 6) is 0.304. The quantitative estimate of drug-likeness (QED) is 0.151. The molecule has 1 atom stereocenters. The molecule has 1 unspecified atom stereocenters. The molecule has 2 heterocycles. The fraction of sp³-hybridized carbons (Fsp3) is 0.345. The lowest BCUT2D eigenvalue weighted by Gasteiger charge is -2.24. The number of anilines is 1. The number of methoxy groups -OCH3 is 1. The highest BCUT2D eigenvalue weighted by Gasteiger charge is 2.48. The van der Waals surface area contributed by atoms with Gasteiger partial charge in [0, 0.05) is 11.6 Å². The van der Waals surface area contributed by atoms with Crippen molar-refractivity contribution in [1.82, 2.24) is 5.16 Å². The molecule has 2 aromatic carbocycles. The van der Waals surface area contributed by atoms with Crippen LogP contribution in [0.25, 0.3) is 5.76 Å². The lowest BCUT2D eigenvalue weighted by molar-refractivity contribution is -0.132. The Kier molecular flexibility index (Phi) is 8.35. The zero-order chi connectivity index (χ0) is 27.2. The first-order chi connectivity index (χ1) is 18.4. The van der Waals surface area contributed by atoms with Gasteiger partial charge >= 0.3 is 5.91 Å². The predicted octanol–water partition coefficient (Wildman–Crippen LogP) is 5.59. The highest BCUT2D eigenvalue weighted by molar-refractivity contribution is 6.51. The minimum absolute atomic E-state index is 0.0698. The fourth-order valence-corrected chi connectivity index (χ4v) is 4.24. The number of unbranched alkanes of at least 4 members (excludes halogenated alkanes) is 1. The van der Waals surface area contributed by atoms with Crippen LogP contribution in [-0.4, -0.2) is 42.3 Å². The van der Waals surface area contributed by atoms with Gasteiger partial charge in [-0.05, 0) is 61.7 Å². The number of carbonyl (C=O) groups is 2. The van der Waals surface area contributed by atoms with Crippen LogP contribution in [0.1, 0.15) is 56.0 Å². The summed E-state index contributed by atoms with van der Waals surface area (Å²) in [7, 11) is 1.52. The number of hydrogen-bond acceptors (Lipinski definition) is 8. The Labute approximate surface area is 221 Å². The van der Waals surface area contributed by atoms with Gasteiger partial charge in [-0.15, -0.1) is 0 Å². The van der Waals surface area contributed by atoms with Gasteiger partial charge in [0.2, 0.25) is 0 Å². The zero-order valence-corrected chi connectivity index (χ0v) is 22.0. The van der Waals surface area contributed by atoms with E-state index >= 15 is 0 Å². The molecule has 38 heavy (non-hydrogen) atoms. The molecular weight excluding hydrogens is 488 g/mol. The molecule has 4 rings (SSSR count). The Morgan fingerprint density at radius 3 is 2.39 bits per heavy atom. The largest absolute Gasteiger partial charge is 0.507 e. The Balaban J connectivity index is 1.82. The number of rotatable bonds is 11. The van der Waals surface area contributed by atoms with Crippen molar-refractivity contribution in [3.8, 4) is 17.2 Å². The van der Waals surface area contributed by atoms with E-state index in [0.717, 1.165) is 19.3 Å². The van der Waals surface area contributed by atoms with Crippen LogP contribution in [0.15, 0.2) is 58.6 Å². The van der Waals surface area contributed by atoms with Crippen LogP contribution in [0, 0.1) is 6.92 Å². The second-order valence-electron chi connectivity index (χ2n) is 8.95. The van der Waals surface area contributed by atoms with E-state index in [2.05, 4.69) is 12.1 Å². The first-order valence-electron chi connectivity index (χ1n) is 12.7. The van der Waals surface area contributed by atoms with Gasteiger partial charge in [0.1, 0.15) is 17.3 Å². The maximum Gasteiger partial charge on any atom is 0.301 e. The molecule has 0 bridgehead atoms. The van der Waals surface area contributed by atoms with Gasteiger partial charge in [0.25, 0.3) is 5.78 Å². The smallest absolute Gasteiger partial charge is 0.301 e. The van der Waals surface area contributed by atoms with Crippen molar-refractivity contribution in [1.29, 1.82) is 0 Å². The molecule has 1 aromatic heterocycles. The number of Topliss-reactive ketones (excluding diaryl/α,β-unsaturated/α-hetero) is 1. The molecule has 1 aliphatic rings. The summed E-state index contributed by atoms with van der Waals surface area (Å²) in [4.78, 5) is 27.9. The second kappa shape index (κ2) is 11.9. The third-order valence-electron chi connectivity index (χ3n) is 6.17. The zero-order valence-electron chi connectivity index (χ0n) is 22.0. The van der Waals surface area contributed by atoms with Crippen LogP contribution in [0.2, 0.25) is 0 Å². The summed E-state index contributed by atoms with van der Waals surface area (Å²) in [6.07, 6.45) is 2.73.